The summed E-state index contributed by atoms with van der Waals surface area (Å²) >= 11 is 0. The topological polar surface area (TPSA) is 77.7 Å². The molecule has 110 valence electrons. The van der Waals surface area contributed by atoms with E-state index in [1.807, 2.05) is 6.92 Å². The lowest BCUT2D eigenvalue weighted by Gasteiger charge is -2.34. The van der Waals surface area contributed by atoms with Gasteiger partial charge in [0.1, 0.15) is 0 Å². The van der Waals surface area contributed by atoms with Crippen molar-refractivity contribution < 1.29 is 14.3 Å². The molecule has 0 spiro atoms. The van der Waals surface area contributed by atoms with Gasteiger partial charge in [-0.2, -0.15) is 0 Å². The number of aromatic nitrogens is 1. The fourth-order valence-electron chi connectivity index (χ4n) is 2.50. The van der Waals surface area contributed by atoms with Crippen LogP contribution in [0.3, 0.4) is 0 Å². The number of rotatable bonds is 4. The molecule has 2 rings (SSSR count). The fourth-order valence-corrected chi connectivity index (χ4v) is 2.50. The molecule has 0 amide bonds. The minimum Gasteiger partial charge on any atom is -0.465 e. The third-order valence-electron chi connectivity index (χ3n) is 3.45. The molecule has 6 nitrogen and oxygen atoms in total. The first-order valence-corrected chi connectivity index (χ1v) is 6.86. The van der Waals surface area contributed by atoms with Crippen LogP contribution in [0.15, 0.2) is 12.3 Å². The number of methoxy groups -OCH3 is 1. The van der Waals surface area contributed by atoms with E-state index in [0.717, 1.165) is 25.9 Å². The Labute approximate surface area is 118 Å². The van der Waals surface area contributed by atoms with Gasteiger partial charge in [-0.15, -0.1) is 0 Å². The molecule has 0 radical (unpaired) electrons. The summed E-state index contributed by atoms with van der Waals surface area (Å²) in [5.41, 5.74) is 6.79. The molecule has 1 aliphatic heterocycles. The fraction of sp³-hybridized carbons (Fsp3) is 0.571. The molecule has 6 heteroatoms. The average Bonchev–Trinajstić information content (AvgIpc) is 2.47. The van der Waals surface area contributed by atoms with Crippen molar-refractivity contribution in [1.82, 2.24) is 4.98 Å². The Morgan fingerprint density at radius 3 is 3.10 bits per heavy atom. The van der Waals surface area contributed by atoms with Gasteiger partial charge in [-0.1, -0.05) is 0 Å². The number of nitrogens with two attached hydrogens (primary N) is 1. The lowest BCUT2D eigenvalue weighted by atomic mass is 10.1. The second-order valence-electron chi connectivity index (χ2n) is 4.75. The van der Waals surface area contributed by atoms with Crippen molar-refractivity contribution in [2.45, 2.75) is 25.9 Å². The standard InChI is InChI=1S/C14H21N3O3/c1-3-20-10-5-4-8-17(9-10)13-12(15)11(6-7-16-13)14(18)19-2/h6-7,10H,3-5,8-9,15H2,1-2H3. The summed E-state index contributed by atoms with van der Waals surface area (Å²) in [5, 5.41) is 0. The summed E-state index contributed by atoms with van der Waals surface area (Å²) in [6, 6.07) is 1.58. The summed E-state index contributed by atoms with van der Waals surface area (Å²) in [6.07, 6.45) is 3.84. The van der Waals surface area contributed by atoms with E-state index in [1.54, 1.807) is 12.3 Å². The summed E-state index contributed by atoms with van der Waals surface area (Å²) in [7, 11) is 1.34. The van der Waals surface area contributed by atoms with Crippen LogP contribution in [0.4, 0.5) is 11.5 Å². The van der Waals surface area contributed by atoms with Gasteiger partial charge >= 0.3 is 5.97 Å². The summed E-state index contributed by atoms with van der Waals surface area (Å²) in [6.45, 7) is 4.30. The van der Waals surface area contributed by atoms with Crippen LogP contribution >= 0.6 is 0 Å². The van der Waals surface area contributed by atoms with E-state index in [9.17, 15) is 4.79 Å². The van der Waals surface area contributed by atoms with Crippen LogP contribution < -0.4 is 10.6 Å². The van der Waals surface area contributed by atoms with E-state index in [4.69, 9.17) is 15.2 Å². The van der Waals surface area contributed by atoms with Gasteiger partial charge in [-0.25, -0.2) is 9.78 Å². The monoisotopic (exact) mass is 279 g/mol. The Morgan fingerprint density at radius 1 is 1.60 bits per heavy atom. The number of hydrogen-bond acceptors (Lipinski definition) is 6. The van der Waals surface area contributed by atoms with Gasteiger partial charge in [0.2, 0.25) is 0 Å². The van der Waals surface area contributed by atoms with Crippen LogP contribution in [0.1, 0.15) is 30.1 Å². The van der Waals surface area contributed by atoms with Crippen molar-refractivity contribution in [3.63, 3.8) is 0 Å². The highest BCUT2D eigenvalue weighted by Crippen LogP contribution is 2.27. The number of anilines is 2. The number of carbonyl (C=O) groups is 1. The second kappa shape index (κ2) is 6.56. The zero-order valence-electron chi connectivity index (χ0n) is 12.0. The smallest absolute Gasteiger partial charge is 0.340 e. The van der Waals surface area contributed by atoms with Gasteiger partial charge in [-0.3, -0.25) is 0 Å². The lowest BCUT2D eigenvalue weighted by molar-refractivity contribution is 0.0525. The predicted octanol–water partition coefficient (Wildman–Crippen LogP) is 1.46. The Kier molecular flexibility index (Phi) is 4.79. The number of nitrogens with zero attached hydrogens (tertiary/aromatic N) is 2. The molecule has 0 saturated carbocycles. The predicted molar refractivity (Wildman–Crippen MR) is 76.8 cm³/mol. The Morgan fingerprint density at radius 2 is 2.40 bits per heavy atom. The Balaban J connectivity index is 2.22. The first kappa shape index (κ1) is 14.6. The van der Waals surface area contributed by atoms with Crippen molar-refractivity contribution in [2.24, 2.45) is 0 Å². The largest absolute Gasteiger partial charge is 0.465 e. The highest BCUT2D eigenvalue weighted by atomic mass is 16.5. The van der Waals surface area contributed by atoms with Crippen LogP contribution in [0.2, 0.25) is 0 Å². The van der Waals surface area contributed by atoms with E-state index >= 15 is 0 Å². The minimum atomic E-state index is -0.440. The second-order valence-corrected chi connectivity index (χ2v) is 4.75. The molecule has 2 N–H and O–H groups in total. The number of nitrogen functional groups attached to an aromatic ring is 1. The van der Waals surface area contributed by atoms with Crippen LogP contribution in [-0.4, -0.2) is 43.9 Å². The van der Waals surface area contributed by atoms with Crippen molar-refractivity contribution in [1.29, 1.82) is 0 Å². The maximum absolute atomic E-state index is 11.7. The third kappa shape index (κ3) is 3.01. The molecule has 1 aliphatic rings. The molecule has 1 atom stereocenters. The maximum Gasteiger partial charge on any atom is 0.340 e. The highest BCUT2D eigenvalue weighted by Gasteiger charge is 2.24. The Hall–Kier alpha value is -1.82. The number of piperidine rings is 1. The van der Waals surface area contributed by atoms with Gasteiger partial charge in [0.15, 0.2) is 5.82 Å². The molecule has 20 heavy (non-hydrogen) atoms. The summed E-state index contributed by atoms with van der Waals surface area (Å²) in [5.74, 6) is 0.196. The van der Waals surface area contributed by atoms with Gasteiger partial charge in [0, 0.05) is 25.9 Å². The minimum absolute atomic E-state index is 0.191. The van der Waals surface area contributed by atoms with Crippen molar-refractivity contribution >= 4 is 17.5 Å². The van der Waals surface area contributed by atoms with Crippen LogP contribution in [0.25, 0.3) is 0 Å². The highest BCUT2D eigenvalue weighted by molar-refractivity contribution is 5.97. The molecule has 0 aliphatic carbocycles. The van der Waals surface area contributed by atoms with E-state index in [-0.39, 0.29) is 6.10 Å². The summed E-state index contributed by atoms with van der Waals surface area (Å²) in [4.78, 5) is 18.0. The first-order valence-electron chi connectivity index (χ1n) is 6.86. The van der Waals surface area contributed by atoms with E-state index in [0.29, 0.717) is 23.7 Å². The molecule has 1 saturated heterocycles. The quantitative estimate of drug-likeness (QED) is 0.841. The number of carbonyl (C=O) groups excluding carboxylic acids is 1. The van der Waals surface area contributed by atoms with Gasteiger partial charge in [0.25, 0.3) is 0 Å². The maximum atomic E-state index is 11.7. The summed E-state index contributed by atoms with van der Waals surface area (Å²) < 4.78 is 10.4. The zero-order chi connectivity index (χ0) is 14.5. The number of ether oxygens (including phenoxy) is 2. The van der Waals surface area contributed by atoms with Crippen LogP contribution in [0.5, 0.6) is 0 Å². The van der Waals surface area contributed by atoms with Crippen molar-refractivity contribution in [3.05, 3.63) is 17.8 Å². The average molecular weight is 279 g/mol. The number of pyridine rings is 1. The van der Waals surface area contributed by atoms with Crippen LogP contribution in [-0.2, 0) is 9.47 Å². The van der Waals surface area contributed by atoms with E-state index < -0.39 is 5.97 Å². The molecule has 1 aromatic heterocycles. The molecule has 1 unspecified atom stereocenters. The van der Waals surface area contributed by atoms with Crippen LogP contribution in [0, 0.1) is 0 Å². The van der Waals surface area contributed by atoms with Crippen molar-refractivity contribution in [2.75, 3.05) is 37.4 Å². The van der Waals surface area contributed by atoms with E-state index in [2.05, 4.69) is 9.88 Å². The number of hydrogen-bond donors (Lipinski definition) is 1. The normalized spacial score (nSPS) is 18.9. The molecule has 1 aromatic rings. The molecule has 0 bridgehead atoms. The van der Waals surface area contributed by atoms with Crippen molar-refractivity contribution in [3.8, 4) is 0 Å². The number of esters is 1. The van der Waals surface area contributed by atoms with Gasteiger partial charge in [-0.05, 0) is 25.8 Å². The zero-order valence-corrected chi connectivity index (χ0v) is 12.0. The molecule has 0 aromatic carbocycles. The molecular weight excluding hydrogens is 258 g/mol. The first-order chi connectivity index (χ1) is 9.67. The third-order valence-corrected chi connectivity index (χ3v) is 3.45. The molecule has 1 fully saturated rings. The SMILES string of the molecule is CCOC1CCCN(c2nccc(C(=O)OC)c2N)C1. The lowest BCUT2D eigenvalue weighted by Crippen LogP contribution is -2.40. The van der Waals surface area contributed by atoms with Gasteiger partial charge < -0.3 is 20.1 Å². The molecular formula is C14H21N3O3. The van der Waals surface area contributed by atoms with E-state index in [1.165, 1.54) is 7.11 Å². The molecule has 2 heterocycles. The Bertz CT molecular complexity index is 477. The van der Waals surface area contributed by atoms with Gasteiger partial charge in [0.05, 0.1) is 24.5 Å².